The van der Waals surface area contributed by atoms with Gasteiger partial charge in [0.2, 0.25) is 5.91 Å². The molecule has 1 rings (SSSR count). The van der Waals surface area contributed by atoms with Gasteiger partial charge in [-0.25, -0.2) is 0 Å². The van der Waals surface area contributed by atoms with Crippen molar-refractivity contribution in [3.8, 4) is 0 Å². The number of nitrogens with zero attached hydrogens (tertiary/aromatic N) is 2. The SMILES string of the molecule is CC(C)NC(CN1CCC(CN(C)C)CC1)C(N)=O. The molecule has 112 valence electrons. The third-order valence-corrected chi connectivity index (χ3v) is 3.65. The lowest BCUT2D eigenvalue weighted by molar-refractivity contribution is -0.120. The Morgan fingerprint density at radius 3 is 2.37 bits per heavy atom. The van der Waals surface area contributed by atoms with Gasteiger partial charge in [0.25, 0.3) is 0 Å². The Bertz CT molecular complexity index is 273. The van der Waals surface area contributed by atoms with Gasteiger partial charge in [-0.15, -0.1) is 0 Å². The number of carbonyl (C=O) groups is 1. The summed E-state index contributed by atoms with van der Waals surface area (Å²) < 4.78 is 0. The molecular formula is C14H30N4O. The molecule has 0 aromatic heterocycles. The first-order valence-electron chi connectivity index (χ1n) is 7.31. The average molecular weight is 270 g/mol. The van der Waals surface area contributed by atoms with Crippen molar-refractivity contribution >= 4 is 5.91 Å². The van der Waals surface area contributed by atoms with Crippen LogP contribution in [0.5, 0.6) is 0 Å². The summed E-state index contributed by atoms with van der Waals surface area (Å²) in [6.45, 7) is 8.13. The highest BCUT2D eigenvalue weighted by Crippen LogP contribution is 2.17. The topological polar surface area (TPSA) is 61.6 Å². The molecule has 1 unspecified atom stereocenters. The summed E-state index contributed by atoms with van der Waals surface area (Å²) in [6.07, 6.45) is 2.43. The normalized spacial score (nSPS) is 20.1. The summed E-state index contributed by atoms with van der Waals surface area (Å²) in [5.74, 6) is 0.542. The maximum atomic E-state index is 11.4. The molecule has 1 fully saturated rings. The van der Waals surface area contributed by atoms with Crippen LogP contribution < -0.4 is 11.1 Å². The standard InChI is InChI=1S/C14H30N4O/c1-11(2)16-13(14(15)19)10-18-7-5-12(6-8-18)9-17(3)4/h11-13,16H,5-10H2,1-4H3,(H2,15,19). The number of hydrogen-bond donors (Lipinski definition) is 2. The zero-order valence-corrected chi connectivity index (χ0v) is 12.9. The van der Waals surface area contributed by atoms with Crippen LogP contribution >= 0.6 is 0 Å². The van der Waals surface area contributed by atoms with Crippen LogP contribution in [-0.2, 0) is 4.79 Å². The quantitative estimate of drug-likeness (QED) is 0.689. The molecule has 0 aromatic rings. The molecule has 1 aliphatic heterocycles. The molecule has 3 N–H and O–H groups in total. The van der Waals surface area contributed by atoms with Crippen LogP contribution in [-0.4, -0.2) is 68.1 Å². The van der Waals surface area contributed by atoms with Gasteiger partial charge < -0.3 is 20.9 Å². The number of likely N-dealkylation sites (tertiary alicyclic amines) is 1. The van der Waals surface area contributed by atoms with Crippen molar-refractivity contribution in [3.63, 3.8) is 0 Å². The monoisotopic (exact) mass is 270 g/mol. The first-order chi connectivity index (χ1) is 8.88. The smallest absolute Gasteiger partial charge is 0.235 e. The molecule has 5 nitrogen and oxygen atoms in total. The highest BCUT2D eigenvalue weighted by molar-refractivity contribution is 5.80. The van der Waals surface area contributed by atoms with E-state index in [9.17, 15) is 4.79 Å². The van der Waals surface area contributed by atoms with Gasteiger partial charge in [0.05, 0.1) is 6.04 Å². The minimum Gasteiger partial charge on any atom is -0.368 e. The summed E-state index contributed by atoms with van der Waals surface area (Å²) in [4.78, 5) is 16.1. The predicted octanol–water partition coefficient (Wildman–Crippen LogP) is 0.112. The van der Waals surface area contributed by atoms with Gasteiger partial charge in [0.1, 0.15) is 0 Å². The second-order valence-corrected chi connectivity index (χ2v) is 6.28. The van der Waals surface area contributed by atoms with E-state index in [1.54, 1.807) is 0 Å². The van der Waals surface area contributed by atoms with Crippen molar-refractivity contribution in [2.24, 2.45) is 11.7 Å². The lowest BCUT2D eigenvalue weighted by atomic mass is 9.96. The van der Waals surface area contributed by atoms with Crippen molar-refractivity contribution in [2.45, 2.75) is 38.8 Å². The Kier molecular flexibility index (Phi) is 6.75. The van der Waals surface area contributed by atoms with E-state index in [1.807, 2.05) is 13.8 Å². The minimum absolute atomic E-state index is 0.231. The minimum atomic E-state index is -0.246. The largest absolute Gasteiger partial charge is 0.368 e. The van der Waals surface area contributed by atoms with Crippen LogP contribution in [0.4, 0.5) is 0 Å². The molecule has 1 saturated heterocycles. The van der Waals surface area contributed by atoms with E-state index in [0.717, 1.165) is 32.1 Å². The molecule has 0 aliphatic carbocycles. The number of amides is 1. The van der Waals surface area contributed by atoms with Crippen molar-refractivity contribution in [1.29, 1.82) is 0 Å². The van der Waals surface area contributed by atoms with Crippen LogP contribution in [0, 0.1) is 5.92 Å². The fourth-order valence-electron chi connectivity index (χ4n) is 2.75. The Morgan fingerprint density at radius 2 is 1.95 bits per heavy atom. The molecule has 1 heterocycles. The molecule has 0 aromatic carbocycles. The molecule has 1 atom stereocenters. The summed E-state index contributed by atoms with van der Waals surface area (Å²) in [7, 11) is 4.25. The molecule has 1 amide bonds. The van der Waals surface area contributed by atoms with Crippen LogP contribution in [0.2, 0.25) is 0 Å². The average Bonchev–Trinajstić information content (AvgIpc) is 2.29. The van der Waals surface area contributed by atoms with Crippen LogP contribution in [0.3, 0.4) is 0 Å². The number of piperidine rings is 1. The van der Waals surface area contributed by atoms with Gasteiger partial charge in [0, 0.05) is 19.1 Å². The highest BCUT2D eigenvalue weighted by atomic mass is 16.1. The number of primary amides is 1. The fourth-order valence-corrected chi connectivity index (χ4v) is 2.75. The van der Waals surface area contributed by atoms with E-state index >= 15 is 0 Å². The van der Waals surface area contributed by atoms with E-state index in [0.29, 0.717) is 0 Å². The van der Waals surface area contributed by atoms with E-state index in [1.165, 1.54) is 12.8 Å². The summed E-state index contributed by atoms with van der Waals surface area (Å²) in [6, 6.07) is 0.0502. The Hall–Kier alpha value is -0.650. The van der Waals surface area contributed by atoms with Crippen LogP contribution in [0.15, 0.2) is 0 Å². The first kappa shape index (κ1) is 16.4. The summed E-state index contributed by atoms with van der Waals surface area (Å²) in [5.41, 5.74) is 5.46. The van der Waals surface area contributed by atoms with E-state index in [4.69, 9.17) is 5.73 Å². The molecular weight excluding hydrogens is 240 g/mol. The lowest BCUT2D eigenvalue weighted by Crippen LogP contribution is -2.52. The van der Waals surface area contributed by atoms with E-state index < -0.39 is 0 Å². The van der Waals surface area contributed by atoms with Crippen LogP contribution in [0.1, 0.15) is 26.7 Å². The maximum absolute atomic E-state index is 11.4. The molecule has 0 saturated carbocycles. The number of nitrogens with two attached hydrogens (primary N) is 1. The Morgan fingerprint density at radius 1 is 1.37 bits per heavy atom. The lowest BCUT2D eigenvalue weighted by Gasteiger charge is -2.35. The Balaban J connectivity index is 2.36. The Labute approximate surface area is 117 Å². The second-order valence-electron chi connectivity index (χ2n) is 6.28. The molecule has 5 heteroatoms. The zero-order chi connectivity index (χ0) is 14.4. The summed E-state index contributed by atoms with van der Waals surface area (Å²) in [5, 5.41) is 3.25. The number of carbonyl (C=O) groups excluding carboxylic acids is 1. The van der Waals surface area contributed by atoms with Gasteiger partial charge in [-0.2, -0.15) is 0 Å². The first-order valence-corrected chi connectivity index (χ1v) is 7.31. The third-order valence-electron chi connectivity index (χ3n) is 3.65. The molecule has 0 spiro atoms. The number of rotatable bonds is 7. The second kappa shape index (κ2) is 7.82. The molecule has 19 heavy (non-hydrogen) atoms. The van der Waals surface area contributed by atoms with Crippen molar-refractivity contribution in [1.82, 2.24) is 15.1 Å². The molecule has 0 radical (unpaired) electrons. The van der Waals surface area contributed by atoms with E-state index in [2.05, 4.69) is 29.2 Å². The predicted molar refractivity (Wildman–Crippen MR) is 79.0 cm³/mol. The van der Waals surface area contributed by atoms with Crippen molar-refractivity contribution in [2.75, 3.05) is 40.3 Å². The van der Waals surface area contributed by atoms with Crippen molar-refractivity contribution < 1.29 is 4.79 Å². The third kappa shape index (κ3) is 6.36. The number of hydrogen-bond acceptors (Lipinski definition) is 4. The van der Waals surface area contributed by atoms with Gasteiger partial charge >= 0.3 is 0 Å². The van der Waals surface area contributed by atoms with Gasteiger partial charge in [-0.1, -0.05) is 13.8 Å². The fraction of sp³-hybridized carbons (Fsp3) is 0.929. The summed E-state index contributed by atoms with van der Waals surface area (Å²) >= 11 is 0. The van der Waals surface area contributed by atoms with Crippen LogP contribution in [0.25, 0.3) is 0 Å². The van der Waals surface area contributed by atoms with E-state index in [-0.39, 0.29) is 18.0 Å². The zero-order valence-electron chi connectivity index (χ0n) is 12.9. The van der Waals surface area contributed by atoms with Crippen molar-refractivity contribution in [3.05, 3.63) is 0 Å². The molecule has 1 aliphatic rings. The molecule has 0 bridgehead atoms. The maximum Gasteiger partial charge on any atom is 0.235 e. The van der Waals surface area contributed by atoms with Gasteiger partial charge in [-0.3, -0.25) is 4.79 Å². The highest BCUT2D eigenvalue weighted by Gasteiger charge is 2.24. The van der Waals surface area contributed by atoms with Gasteiger partial charge in [-0.05, 0) is 45.9 Å². The number of nitrogens with one attached hydrogen (secondary N) is 1. The van der Waals surface area contributed by atoms with Gasteiger partial charge in [0.15, 0.2) is 0 Å².